The van der Waals surface area contributed by atoms with Gasteiger partial charge in [-0.1, -0.05) is 0 Å². The van der Waals surface area contributed by atoms with Crippen LogP contribution in [0.4, 0.5) is 13.2 Å². The summed E-state index contributed by atoms with van der Waals surface area (Å²) in [6.07, 6.45) is -5.57. The molecule has 1 amide bonds. The molecule has 0 aliphatic rings. The van der Waals surface area contributed by atoms with Crippen LogP contribution in [0.3, 0.4) is 0 Å². The van der Waals surface area contributed by atoms with Crippen LogP contribution < -0.4 is 5.32 Å². The van der Waals surface area contributed by atoms with Gasteiger partial charge in [0.15, 0.2) is 0 Å². The molecule has 1 aromatic rings. The molecule has 1 atom stereocenters. The number of nitrogens with one attached hydrogen (secondary N) is 1. The van der Waals surface area contributed by atoms with Crippen molar-refractivity contribution in [3.63, 3.8) is 0 Å². The van der Waals surface area contributed by atoms with Crippen LogP contribution in [0.5, 0.6) is 0 Å². The van der Waals surface area contributed by atoms with Gasteiger partial charge in [0, 0.05) is 22.3 Å². The summed E-state index contributed by atoms with van der Waals surface area (Å²) in [6, 6.07) is 2.51. The Kier molecular flexibility index (Phi) is 5.27. The largest absolute Gasteiger partial charge is 0.391 e. The molecule has 0 radical (unpaired) electrons. The monoisotopic (exact) mass is 343 g/mol. The highest BCUT2D eigenvalue weighted by molar-refractivity contribution is 8.13. The van der Waals surface area contributed by atoms with E-state index < -0.39 is 33.6 Å². The summed E-state index contributed by atoms with van der Waals surface area (Å²) in [6.45, 7) is 2.75. The number of rotatable bonds is 4. The molecule has 0 aliphatic carbocycles. The molecule has 1 aromatic carbocycles. The van der Waals surface area contributed by atoms with Crippen LogP contribution >= 0.6 is 10.7 Å². The Morgan fingerprint density at radius 2 is 1.90 bits per heavy atom. The zero-order valence-electron chi connectivity index (χ0n) is 11.2. The van der Waals surface area contributed by atoms with E-state index in [1.807, 2.05) is 0 Å². The SMILES string of the molecule is Cc1cc(C(=O)NC(C)CC(F)(F)F)cc(S(=O)(=O)Cl)c1. The maximum atomic E-state index is 12.2. The van der Waals surface area contributed by atoms with E-state index in [4.69, 9.17) is 10.7 Å². The molecule has 0 aliphatic heterocycles. The second-order valence-corrected chi connectivity index (χ2v) is 7.23. The maximum absolute atomic E-state index is 12.2. The maximum Gasteiger partial charge on any atom is 0.391 e. The second-order valence-electron chi connectivity index (χ2n) is 4.67. The minimum atomic E-state index is -4.40. The summed E-state index contributed by atoms with van der Waals surface area (Å²) in [5.74, 6) is -0.794. The Morgan fingerprint density at radius 1 is 1.33 bits per heavy atom. The molecule has 1 N–H and O–H groups in total. The fourth-order valence-electron chi connectivity index (χ4n) is 1.73. The number of amides is 1. The summed E-state index contributed by atoms with van der Waals surface area (Å²) < 4.78 is 59.1. The van der Waals surface area contributed by atoms with Gasteiger partial charge >= 0.3 is 6.18 Å². The van der Waals surface area contributed by atoms with Crippen molar-refractivity contribution in [3.05, 3.63) is 29.3 Å². The van der Waals surface area contributed by atoms with Gasteiger partial charge in [0.2, 0.25) is 0 Å². The van der Waals surface area contributed by atoms with Crippen molar-refractivity contribution in [1.29, 1.82) is 0 Å². The molecule has 4 nitrogen and oxygen atoms in total. The molecule has 0 fully saturated rings. The first kappa shape index (κ1) is 17.8. The Labute approximate surface area is 124 Å². The van der Waals surface area contributed by atoms with E-state index in [-0.39, 0.29) is 10.5 Å². The number of halogens is 4. The molecule has 0 saturated carbocycles. The molecule has 0 heterocycles. The van der Waals surface area contributed by atoms with Gasteiger partial charge in [-0.25, -0.2) is 8.42 Å². The number of aryl methyl sites for hydroxylation is 1. The first-order valence-corrected chi connectivity index (χ1v) is 8.13. The Bertz CT molecular complexity index is 644. The Morgan fingerprint density at radius 3 is 2.38 bits per heavy atom. The molecule has 21 heavy (non-hydrogen) atoms. The van der Waals surface area contributed by atoms with Crippen molar-refractivity contribution >= 4 is 25.6 Å². The molecular formula is C12H13ClF3NO3S. The van der Waals surface area contributed by atoms with Crippen LogP contribution in [-0.2, 0) is 9.05 Å². The highest BCUT2D eigenvalue weighted by Gasteiger charge is 2.30. The van der Waals surface area contributed by atoms with Crippen LogP contribution in [-0.4, -0.2) is 26.5 Å². The van der Waals surface area contributed by atoms with E-state index in [0.717, 1.165) is 6.07 Å². The highest BCUT2D eigenvalue weighted by Crippen LogP contribution is 2.22. The predicted molar refractivity (Wildman–Crippen MR) is 71.8 cm³/mol. The molecular weight excluding hydrogens is 331 g/mol. The molecule has 1 unspecified atom stereocenters. The van der Waals surface area contributed by atoms with Gasteiger partial charge in [-0.15, -0.1) is 0 Å². The number of benzene rings is 1. The Balaban J connectivity index is 2.96. The minimum absolute atomic E-state index is 0.0664. The van der Waals surface area contributed by atoms with Crippen molar-refractivity contribution in [2.75, 3.05) is 0 Å². The standard InChI is InChI=1S/C12H13ClF3NO3S/c1-7-3-9(5-10(4-7)21(13,19)20)11(18)17-8(2)6-12(14,15)16/h3-5,8H,6H2,1-2H3,(H,17,18). The average Bonchev–Trinajstić information content (AvgIpc) is 2.23. The van der Waals surface area contributed by atoms with Crippen LogP contribution in [0.15, 0.2) is 23.1 Å². The van der Waals surface area contributed by atoms with Crippen LogP contribution in [0.25, 0.3) is 0 Å². The molecule has 118 valence electrons. The third kappa shape index (κ3) is 5.92. The lowest BCUT2D eigenvalue weighted by Crippen LogP contribution is -2.36. The van der Waals surface area contributed by atoms with E-state index >= 15 is 0 Å². The van der Waals surface area contributed by atoms with E-state index in [9.17, 15) is 26.4 Å². The quantitative estimate of drug-likeness (QED) is 0.855. The van der Waals surface area contributed by atoms with E-state index in [1.165, 1.54) is 19.1 Å². The van der Waals surface area contributed by atoms with Gasteiger partial charge in [-0.3, -0.25) is 4.79 Å². The predicted octanol–water partition coefficient (Wildman–Crippen LogP) is 2.99. The van der Waals surface area contributed by atoms with E-state index in [1.54, 1.807) is 6.92 Å². The molecule has 0 bridgehead atoms. The van der Waals surface area contributed by atoms with Crippen LogP contribution in [0.2, 0.25) is 0 Å². The van der Waals surface area contributed by atoms with Crippen molar-refractivity contribution < 1.29 is 26.4 Å². The fourth-order valence-corrected chi connectivity index (χ4v) is 2.59. The van der Waals surface area contributed by atoms with Crippen molar-refractivity contribution in [2.45, 2.75) is 37.4 Å². The Hall–Kier alpha value is -1.28. The lowest BCUT2D eigenvalue weighted by atomic mass is 10.1. The van der Waals surface area contributed by atoms with E-state index in [0.29, 0.717) is 5.56 Å². The fraction of sp³-hybridized carbons (Fsp3) is 0.417. The summed E-state index contributed by atoms with van der Waals surface area (Å²) in [7, 11) is 1.17. The van der Waals surface area contributed by atoms with Gasteiger partial charge in [0.05, 0.1) is 11.3 Å². The smallest absolute Gasteiger partial charge is 0.349 e. The van der Waals surface area contributed by atoms with Crippen molar-refractivity contribution in [2.24, 2.45) is 0 Å². The second kappa shape index (κ2) is 6.23. The zero-order chi connectivity index (χ0) is 16.4. The summed E-state index contributed by atoms with van der Waals surface area (Å²) in [5.41, 5.74) is 0.383. The topological polar surface area (TPSA) is 63.2 Å². The van der Waals surface area contributed by atoms with Gasteiger partial charge in [0.25, 0.3) is 15.0 Å². The number of hydrogen-bond acceptors (Lipinski definition) is 3. The third-order valence-corrected chi connectivity index (χ3v) is 3.84. The summed E-state index contributed by atoms with van der Waals surface area (Å²) in [5, 5.41) is 2.16. The average molecular weight is 344 g/mol. The molecule has 1 rings (SSSR count). The highest BCUT2D eigenvalue weighted by atomic mass is 35.7. The van der Waals surface area contributed by atoms with Gasteiger partial charge in [0.1, 0.15) is 0 Å². The van der Waals surface area contributed by atoms with E-state index in [2.05, 4.69) is 5.32 Å². The van der Waals surface area contributed by atoms with Crippen LogP contribution in [0, 0.1) is 6.92 Å². The number of carbonyl (C=O) groups excluding carboxylic acids is 1. The zero-order valence-corrected chi connectivity index (χ0v) is 12.7. The van der Waals surface area contributed by atoms with Gasteiger partial charge in [-0.2, -0.15) is 13.2 Å². The summed E-state index contributed by atoms with van der Waals surface area (Å²) >= 11 is 0. The lowest BCUT2D eigenvalue weighted by molar-refractivity contribution is -0.138. The normalized spacial score (nSPS) is 13.8. The van der Waals surface area contributed by atoms with Crippen LogP contribution in [0.1, 0.15) is 29.3 Å². The van der Waals surface area contributed by atoms with Gasteiger partial charge in [-0.05, 0) is 37.6 Å². The van der Waals surface area contributed by atoms with Crippen molar-refractivity contribution in [1.82, 2.24) is 5.32 Å². The lowest BCUT2D eigenvalue weighted by Gasteiger charge is -2.16. The molecule has 9 heteroatoms. The first-order valence-electron chi connectivity index (χ1n) is 5.82. The minimum Gasteiger partial charge on any atom is -0.349 e. The molecule has 0 aromatic heterocycles. The first-order chi connectivity index (χ1) is 9.38. The number of carbonyl (C=O) groups is 1. The molecule has 0 spiro atoms. The third-order valence-electron chi connectivity index (χ3n) is 2.51. The van der Waals surface area contributed by atoms with Crippen molar-refractivity contribution in [3.8, 4) is 0 Å². The molecule has 0 saturated heterocycles. The number of alkyl halides is 3. The van der Waals surface area contributed by atoms with Gasteiger partial charge < -0.3 is 5.32 Å². The number of hydrogen-bond donors (Lipinski definition) is 1. The summed E-state index contributed by atoms with van der Waals surface area (Å²) in [4.78, 5) is 11.6.